The Labute approximate surface area is 62.3 Å². The Morgan fingerprint density at radius 3 is 2.91 bits per heavy atom. The van der Waals surface area contributed by atoms with E-state index >= 15 is 0 Å². The zero-order valence-electron chi connectivity index (χ0n) is 5.61. The molecule has 11 heavy (non-hydrogen) atoms. The maximum absolute atomic E-state index is 5.27. The minimum absolute atomic E-state index is 0.162. The van der Waals surface area contributed by atoms with Gasteiger partial charge >= 0.3 is 0 Å². The van der Waals surface area contributed by atoms with Crippen molar-refractivity contribution in [1.29, 1.82) is 0 Å². The summed E-state index contributed by atoms with van der Waals surface area (Å²) in [5.74, 6) is 0.597. The number of rotatable bonds is 1. The van der Waals surface area contributed by atoms with E-state index in [0.717, 1.165) is 5.69 Å². The van der Waals surface area contributed by atoms with E-state index in [1.165, 1.54) is 0 Å². The van der Waals surface area contributed by atoms with Crippen LogP contribution in [0.2, 0.25) is 0 Å². The average Bonchev–Trinajstić information content (AvgIpc) is 2.55. The third-order valence-corrected chi connectivity index (χ3v) is 1.29. The smallest absolute Gasteiger partial charge is 0.292 e. The number of nitrogen functional groups attached to an aromatic ring is 1. The van der Waals surface area contributed by atoms with Crippen LogP contribution >= 0.6 is 0 Å². The third kappa shape index (κ3) is 0.958. The van der Waals surface area contributed by atoms with Crippen molar-refractivity contribution in [3.05, 3.63) is 18.7 Å². The first kappa shape index (κ1) is 5.96. The van der Waals surface area contributed by atoms with E-state index in [9.17, 15) is 0 Å². The fraction of sp³-hybridized carbons (Fsp3) is 0. The summed E-state index contributed by atoms with van der Waals surface area (Å²) in [4.78, 5) is 10.4. The molecule has 0 saturated carbocycles. The van der Waals surface area contributed by atoms with Crippen molar-refractivity contribution in [2.24, 2.45) is 0 Å². The van der Waals surface area contributed by atoms with Crippen molar-refractivity contribution < 1.29 is 4.42 Å². The van der Waals surface area contributed by atoms with E-state index in [4.69, 9.17) is 10.2 Å². The van der Waals surface area contributed by atoms with Crippen LogP contribution in [0.1, 0.15) is 0 Å². The third-order valence-electron chi connectivity index (χ3n) is 1.29. The van der Waals surface area contributed by atoms with Gasteiger partial charge < -0.3 is 15.1 Å². The summed E-state index contributed by atoms with van der Waals surface area (Å²) in [6.07, 6.45) is 4.75. The molecule has 0 aliphatic carbocycles. The molecule has 5 heteroatoms. The fourth-order valence-corrected chi connectivity index (χ4v) is 0.803. The van der Waals surface area contributed by atoms with Crippen molar-refractivity contribution in [2.75, 3.05) is 5.73 Å². The van der Waals surface area contributed by atoms with Crippen LogP contribution in [0.25, 0.3) is 11.5 Å². The van der Waals surface area contributed by atoms with Crippen LogP contribution in [0.5, 0.6) is 0 Å². The van der Waals surface area contributed by atoms with Gasteiger partial charge in [0, 0.05) is 0 Å². The maximum Gasteiger partial charge on any atom is 0.292 e. The second-order valence-corrected chi connectivity index (χ2v) is 2.03. The van der Waals surface area contributed by atoms with Crippen LogP contribution in [-0.2, 0) is 0 Å². The highest BCUT2D eigenvalue weighted by atomic mass is 16.4. The first-order chi connectivity index (χ1) is 5.36. The number of aromatic amines is 1. The molecule has 0 aliphatic rings. The van der Waals surface area contributed by atoms with Crippen molar-refractivity contribution in [3.63, 3.8) is 0 Å². The highest BCUT2D eigenvalue weighted by Crippen LogP contribution is 2.17. The molecule has 0 aromatic carbocycles. The molecule has 0 fully saturated rings. The van der Waals surface area contributed by atoms with Crippen LogP contribution in [0.3, 0.4) is 0 Å². The number of imidazole rings is 1. The number of nitrogens with one attached hydrogen (secondary N) is 1. The standard InChI is InChI=1S/C6H6N4O/c7-6-9-2-5(11-6)4-1-8-3-10-4/h1-3H,(H2,7,9)(H,8,10). The Balaban J connectivity index is 2.45. The number of hydrogen-bond acceptors (Lipinski definition) is 4. The molecular formula is C6H6N4O. The van der Waals surface area contributed by atoms with Gasteiger partial charge in [0.2, 0.25) is 0 Å². The van der Waals surface area contributed by atoms with Gasteiger partial charge in [-0.15, -0.1) is 0 Å². The number of oxazole rings is 1. The minimum Gasteiger partial charge on any atom is -0.422 e. The molecule has 0 radical (unpaired) electrons. The van der Waals surface area contributed by atoms with Gasteiger partial charge in [-0.1, -0.05) is 0 Å². The second-order valence-electron chi connectivity index (χ2n) is 2.03. The van der Waals surface area contributed by atoms with Crippen LogP contribution in [0.15, 0.2) is 23.1 Å². The van der Waals surface area contributed by atoms with Gasteiger partial charge in [-0.3, -0.25) is 0 Å². The molecule has 2 aromatic rings. The van der Waals surface area contributed by atoms with Crippen LogP contribution in [0.4, 0.5) is 6.01 Å². The van der Waals surface area contributed by atoms with E-state index < -0.39 is 0 Å². The molecule has 0 amide bonds. The van der Waals surface area contributed by atoms with Gasteiger partial charge in [0.05, 0.1) is 18.7 Å². The number of nitrogens with zero attached hydrogens (tertiary/aromatic N) is 2. The topological polar surface area (TPSA) is 80.7 Å². The first-order valence-corrected chi connectivity index (χ1v) is 3.06. The summed E-state index contributed by atoms with van der Waals surface area (Å²) in [5, 5.41) is 0. The molecule has 2 aromatic heterocycles. The summed E-state index contributed by atoms with van der Waals surface area (Å²) < 4.78 is 5.02. The lowest BCUT2D eigenvalue weighted by Crippen LogP contribution is -1.79. The Morgan fingerprint density at radius 2 is 2.36 bits per heavy atom. The molecule has 5 nitrogen and oxygen atoms in total. The van der Waals surface area contributed by atoms with E-state index in [-0.39, 0.29) is 6.01 Å². The summed E-state index contributed by atoms with van der Waals surface area (Å²) >= 11 is 0. The number of H-pyrrole nitrogens is 1. The molecule has 2 heterocycles. The van der Waals surface area contributed by atoms with E-state index in [0.29, 0.717) is 5.76 Å². The van der Waals surface area contributed by atoms with Gasteiger partial charge in [0.25, 0.3) is 6.01 Å². The Hall–Kier alpha value is -1.78. The molecule has 0 saturated heterocycles. The van der Waals surface area contributed by atoms with Gasteiger partial charge in [-0.2, -0.15) is 0 Å². The molecular weight excluding hydrogens is 144 g/mol. The average molecular weight is 150 g/mol. The number of hydrogen-bond donors (Lipinski definition) is 2. The predicted molar refractivity (Wildman–Crippen MR) is 38.5 cm³/mol. The number of aromatic nitrogens is 3. The summed E-state index contributed by atoms with van der Waals surface area (Å²) in [7, 11) is 0. The molecule has 0 bridgehead atoms. The zero-order valence-corrected chi connectivity index (χ0v) is 5.61. The van der Waals surface area contributed by atoms with Crippen molar-refractivity contribution in [2.45, 2.75) is 0 Å². The highest BCUT2D eigenvalue weighted by molar-refractivity contribution is 5.49. The first-order valence-electron chi connectivity index (χ1n) is 3.06. The predicted octanol–water partition coefficient (Wildman–Crippen LogP) is 0.647. The Morgan fingerprint density at radius 1 is 1.45 bits per heavy atom. The second kappa shape index (κ2) is 2.12. The van der Waals surface area contributed by atoms with E-state index in [2.05, 4.69) is 15.0 Å². The van der Waals surface area contributed by atoms with Gasteiger partial charge in [-0.25, -0.2) is 9.97 Å². The molecule has 0 aliphatic heterocycles. The molecule has 56 valence electrons. The van der Waals surface area contributed by atoms with Crippen molar-refractivity contribution in [1.82, 2.24) is 15.0 Å². The quantitative estimate of drug-likeness (QED) is 0.625. The number of anilines is 1. The van der Waals surface area contributed by atoms with Crippen molar-refractivity contribution >= 4 is 6.01 Å². The van der Waals surface area contributed by atoms with E-state index in [1.807, 2.05) is 0 Å². The summed E-state index contributed by atoms with van der Waals surface area (Å²) in [5.41, 5.74) is 6.05. The summed E-state index contributed by atoms with van der Waals surface area (Å²) in [6, 6.07) is 0.162. The largest absolute Gasteiger partial charge is 0.422 e. The molecule has 0 spiro atoms. The summed E-state index contributed by atoms with van der Waals surface area (Å²) in [6.45, 7) is 0. The normalized spacial score (nSPS) is 10.2. The van der Waals surface area contributed by atoms with Crippen molar-refractivity contribution in [3.8, 4) is 11.5 Å². The minimum atomic E-state index is 0.162. The Kier molecular flexibility index (Phi) is 1.15. The lowest BCUT2D eigenvalue weighted by atomic mass is 10.4. The van der Waals surface area contributed by atoms with E-state index in [1.54, 1.807) is 18.7 Å². The molecule has 2 rings (SSSR count). The van der Waals surface area contributed by atoms with Crippen LogP contribution in [0, 0.1) is 0 Å². The van der Waals surface area contributed by atoms with Gasteiger partial charge in [0.1, 0.15) is 5.69 Å². The lowest BCUT2D eigenvalue weighted by Gasteiger charge is -1.85. The molecule has 3 N–H and O–H groups in total. The monoisotopic (exact) mass is 150 g/mol. The fourth-order valence-electron chi connectivity index (χ4n) is 0.803. The SMILES string of the molecule is Nc1ncc(-c2cnc[nH]2)o1. The lowest BCUT2D eigenvalue weighted by molar-refractivity contribution is 0.593. The molecule has 0 unspecified atom stereocenters. The maximum atomic E-state index is 5.27. The zero-order chi connectivity index (χ0) is 7.68. The van der Waals surface area contributed by atoms with Gasteiger partial charge in [-0.05, 0) is 0 Å². The highest BCUT2D eigenvalue weighted by Gasteiger charge is 2.03. The number of nitrogens with two attached hydrogens (primary N) is 1. The molecule has 0 atom stereocenters. The Bertz CT molecular complexity index is 337. The van der Waals surface area contributed by atoms with Gasteiger partial charge in [0.15, 0.2) is 5.76 Å². The van der Waals surface area contributed by atoms with Crippen LogP contribution in [-0.4, -0.2) is 15.0 Å². The van der Waals surface area contributed by atoms with Crippen LogP contribution < -0.4 is 5.73 Å².